The Bertz CT molecular complexity index is 416. The summed E-state index contributed by atoms with van der Waals surface area (Å²) in [6, 6.07) is 5.72. The summed E-state index contributed by atoms with van der Waals surface area (Å²) >= 11 is 3.37. The molecular weight excluding hydrogens is 260 g/mol. The predicted octanol–water partition coefficient (Wildman–Crippen LogP) is 1.75. The van der Waals surface area contributed by atoms with Gasteiger partial charge in [-0.2, -0.15) is 0 Å². The lowest BCUT2D eigenvalue weighted by Gasteiger charge is -2.29. The van der Waals surface area contributed by atoms with E-state index in [-0.39, 0.29) is 12.8 Å². The molecule has 0 radical (unpaired) electrons. The van der Waals surface area contributed by atoms with E-state index < -0.39 is 11.6 Å². The number of hydrogen-bond donors (Lipinski definition) is 2. The normalized spacial score (nSPS) is 24.7. The lowest BCUT2D eigenvalue weighted by molar-refractivity contribution is -0.159. The predicted molar refractivity (Wildman–Crippen MR) is 58.8 cm³/mol. The van der Waals surface area contributed by atoms with Crippen LogP contribution in [0.15, 0.2) is 22.7 Å². The zero-order valence-corrected chi connectivity index (χ0v) is 9.62. The van der Waals surface area contributed by atoms with Crippen LogP contribution in [0.1, 0.15) is 17.5 Å². The van der Waals surface area contributed by atoms with Crippen molar-refractivity contribution in [1.29, 1.82) is 0 Å². The number of aryl methyl sites for hydroxylation is 1. The standard InChI is InChI=1S/C11H11BrO3/c12-9-2-1-8-6-11(15,10(13)14)4-3-7(8)5-9/h1-2,5,15H,3-4,6H2,(H,13,14). The van der Waals surface area contributed by atoms with Gasteiger partial charge >= 0.3 is 5.97 Å². The SMILES string of the molecule is O=C(O)C1(O)CCc2cc(Br)ccc2C1. The molecule has 0 saturated heterocycles. The molecule has 4 heteroatoms. The number of aliphatic carboxylic acids is 1. The van der Waals surface area contributed by atoms with E-state index in [1.165, 1.54) is 0 Å². The molecule has 1 aliphatic carbocycles. The summed E-state index contributed by atoms with van der Waals surface area (Å²) in [6.45, 7) is 0. The molecule has 2 rings (SSSR count). The van der Waals surface area contributed by atoms with Gasteiger partial charge in [0.1, 0.15) is 0 Å². The molecule has 15 heavy (non-hydrogen) atoms. The van der Waals surface area contributed by atoms with Gasteiger partial charge in [0.15, 0.2) is 5.60 Å². The van der Waals surface area contributed by atoms with Crippen LogP contribution < -0.4 is 0 Å². The van der Waals surface area contributed by atoms with Crippen molar-refractivity contribution in [3.05, 3.63) is 33.8 Å². The van der Waals surface area contributed by atoms with Gasteiger partial charge in [0, 0.05) is 10.9 Å². The molecule has 0 bridgehead atoms. The first-order valence-electron chi connectivity index (χ1n) is 4.74. The quantitative estimate of drug-likeness (QED) is 0.818. The van der Waals surface area contributed by atoms with Crippen molar-refractivity contribution in [3.63, 3.8) is 0 Å². The molecule has 80 valence electrons. The second-order valence-corrected chi connectivity index (χ2v) is 4.84. The minimum Gasteiger partial charge on any atom is -0.479 e. The first-order chi connectivity index (χ1) is 7.01. The van der Waals surface area contributed by atoms with Crippen LogP contribution in [-0.2, 0) is 17.6 Å². The van der Waals surface area contributed by atoms with Crippen LogP contribution in [0.3, 0.4) is 0 Å². The number of aliphatic hydroxyl groups is 1. The molecule has 0 spiro atoms. The summed E-state index contributed by atoms with van der Waals surface area (Å²) < 4.78 is 0.988. The summed E-state index contributed by atoms with van der Waals surface area (Å²) in [4.78, 5) is 10.9. The Labute approximate surface area is 95.9 Å². The molecule has 3 nitrogen and oxygen atoms in total. The minimum atomic E-state index is -1.58. The first-order valence-corrected chi connectivity index (χ1v) is 5.54. The zero-order valence-electron chi connectivity index (χ0n) is 8.03. The number of hydrogen-bond acceptors (Lipinski definition) is 2. The molecule has 2 N–H and O–H groups in total. The van der Waals surface area contributed by atoms with E-state index in [9.17, 15) is 9.90 Å². The summed E-state index contributed by atoms with van der Waals surface area (Å²) in [5.41, 5.74) is 0.463. The smallest absolute Gasteiger partial charge is 0.336 e. The van der Waals surface area contributed by atoms with E-state index in [2.05, 4.69) is 15.9 Å². The highest BCUT2D eigenvalue weighted by molar-refractivity contribution is 9.10. The van der Waals surface area contributed by atoms with E-state index in [1.807, 2.05) is 18.2 Å². The van der Waals surface area contributed by atoms with Crippen molar-refractivity contribution in [2.45, 2.75) is 24.9 Å². The van der Waals surface area contributed by atoms with Crippen LogP contribution in [0, 0.1) is 0 Å². The molecule has 1 aromatic rings. The molecule has 1 aliphatic rings. The highest BCUT2D eigenvalue weighted by Crippen LogP contribution is 2.30. The maximum Gasteiger partial charge on any atom is 0.336 e. The third-order valence-electron chi connectivity index (χ3n) is 2.86. The second-order valence-electron chi connectivity index (χ2n) is 3.93. The highest BCUT2D eigenvalue weighted by Gasteiger charge is 2.39. The van der Waals surface area contributed by atoms with Crippen molar-refractivity contribution >= 4 is 21.9 Å². The van der Waals surface area contributed by atoms with Gasteiger partial charge in [0.25, 0.3) is 0 Å². The van der Waals surface area contributed by atoms with E-state index in [0.717, 1.165) is 15.6 Å². The van der Waals surface area contributed by atoms with Crippen LogP contribution in [0.4, 0.5) is 0 Å². The van der Waals surface area contributed by atoms with Gasteiger partial charge in [-0.05, 0) is 36.1 Å². The van der Waals surface area contributed by atoms with E-state index >= 15 is 0 Å². The van der Waals surface area contributed by atoms with Gasteiger partial charge in [0.2, 0.25) is 0 Å². The molecule has 0 heterocycles. The van der Waals surface area contributed by atoms with Crippen LogP contribution in [0.2, 0.25) is 0 Å². The number of carboxylic acid groups (broad SMARTS) is 1. The second kappa shape index (κ2) is 3.61. The molecule has 1 unspecified atom stereocenters. The maximum atomic E-state index is 10.9. The Morgan fingerprint density at radius 3 is 2.80 bits per heavy atom. The Morgan fingerprint density at radius 1 is 1.40 bits per heavy atom. The van der Waals surface area contributed by atoms with Crippen molar-refractivity contribution in [3.8, 4) is 0 Å². The fourth-order valence-corrected chi connectivity index (χ4v) is 2.34. The number of carbonyl (C=O) groups is 1. The number of benzene rings is 1. The third-order valence-corrected chi connectivity index (χ3v) is 3.35. The Morgan fingerprint density at radius 2 is 2.13 bits per heavy atom. The fraction of sp³-hybridized carbons (Fsp3) is 0.364. The van der Waals surface area contributed by atoms with Crippen molar-refractivity contribution in [1.82, 2.24) is 0 Å². The first kappa shape index (κ1) is 10.6. The van der Waals surface area contributed by atoms with Crippen LogP contribution in [0.25, 0.3) is 0 Å². The van der Waals surface area contributed by atoms with Crippen molar-refractivity contribution < 1.29 is 15.0 Å². The van der Waals surface area contributed by atoms with Gasteiger partial charge in [-0.15, -0.1) is 0 Å². The van der Waals surface area contributed by atoms with Gasteiger partial charge < -0.3 is 10.2 Å². The van der Waals surface area contributed by atoms with Crippen LogP contribution in [-0.4, -0.2) is 21.8 Å². The number of halogens is 1. The van der Waals surface area contributed by atoms with Gasteiger partial charge in [-0.1, -0.05) is 22.0 Å². The third kappa shape index (κ3) is 1.92. The summed E-state index contributed by atoms with van der Waals surface area (Å²) in [5.74, 6) is -1.13. The molecule has 0 fully saturated rings. The lowest BCUT2D eigenvalue weighted by atomic mass is 9.80. The monoisotopic (exact) mass is 270 g/mol. The van der Waals surface area contributed by atoms with Crippen LogP contribution in [0.5, 0.6) is 0 Å². The average Bonchev–Trinajstić information content (AvgIpc) is 2.18. The molecule has 0 amide bonds. The maximum absolute atomic E-state index is 10.9. The molecular formula is C11H11BrO3. The Kier molecular flexibility index (Phi) is 2.56. The molecule has 1 atom stereocenters. The highest BCUT2D eigenvalue weighted by atomic mass is 79.9. The molecule has 1 aromatic carbocycles. The number of rotatable bonds is 1. The lowest BCUT2D eigenvalue weighted by Crippen LogP contribution is -2.43. The average molecular weight is 271 g/mol. The minimum absolute atomic E-state index is 0.199. The fourth-order valence-electron chi connectivity index (χ4n) is 1.93. The van der Waals surface area contributed by atoms with Gasteiger partial charge in [-0.3, -0.25) is 0 Å². The van der Waals surface area contributed by atoms with Crippen molar-refractivity contribution in [2.75, 3.05) is 0 Å². The van der Waals surface area contributed by atoms with E-state index in [4.69, 9.17) is 5.11 Å². The van der Waals surface area contributed by atoms with E-state index in [0.29, 0.717) is 6.42 Å². The summed E-state index contributed by atoms with van der Waals surface area (Å²) in [6.07, 6.45) is 1.09. The number of carboxylic acids is 1. The largest absolute Gasteiger partial charge is 0.479 e. The topological polar surface area (TPSA) is 57.5 Å². The van der Waals surface area contributed by atoms with Gasteiger partial charge in [-0.25, -0.2) is 4.79 Å². The molecule has 0 aliphatic heterocycles. The molecule has 0 saturated carbocycles. The summed E-state index contributed by atoms with van der Waals surface area (Å²) in [5, 5.41) is 18.8. The molecule has 0 aromatic heterocycles. The van der Waals surface area contributed by atoms with Crippen LogP contribution >= 0.6 is 15.9 Å². The van der Waals surface area contributed by atoms with Gasteiger partial charge in [0.05, 0.1) is 0 Å². The van der Waals surface area contributed by atoms with Crippen molar-refractivity contribution in [2.24, 2.45) is 0 Å². The summed E-state index contributed by atoms with van der Waals surface area (Å²) in [7, 11) is 0. The Balaban J connectivity index is 2.35. The Hall–Kier alpha value is -0.870. The number of fused-ring (bicyclic) bond motifs is 1. The van der Waals surface area contributed by atoms with E-state index in [1.54, 1.807) is 0 Å². The zero-order chi connectivity index (χ0) is 11.1.